The highest BCUT2D eigenvalue weighted by atomic mass is 32.2. The molecule has 0 aliphatic heterocycles. The summed E-state index contributed by atoms with van der Waals surface area (Å²) in [4.78, 5) is 15.2. The van der Waals surface area contributed by atoms with Gasteiger partial charge in [-0.25, -0.2) is 8.42 Å². The second-order valence-electron chi connectivity index (χ2n) is 7.44. The monoisotopic (exact) mass is 525 g/mol. The first kappa shape index (κ1) is 28.5. The smallest absolute Gasteiger partial charge is 0.485 e. The van der Waals surface area contributed by atoms with Crippen LogP contribution in [0.25, 0.3) is 0 Å². The predicted molar refractivity (Wildman–Crippen MR) is 134 cm³/mol. The molecule has 0 bridgehead atoms. The van der Waals surface area contributed by atoms with Gasteiger partial charge in [0.05, 0.1) is 0 Å². The largest absolute Gasteiger partial charge is 0.741 e. The predicted octanol–water partition coefficient (Wildman–Crippen LogP) is 3.90. The van der Waals surface area contributed by atoms with Gasteiger partial charge in [0, 0.05) is 13.1 Å². The molecule has 3 aromatic carbocycles. The number of alkyl halides is 3. The number of benzene rings is 3. The molecule has 0 aromatic heterocycles. The van der Waals surface area contributed by atoms with E-state index in [9.17, 15) is 18.0 Å². The highest BCUT2D eigenvalue weighted by Gasteiger charge is 2.47. The van der Waals surface area contributed by atoms with Gasteiger partial charge in [-0.15, -0.1) is 0 Å². The second kappa shape index (κ2) is 12.3. The molecule has 0 unspecified atom stereocenters. The van der Waals surface area contributed by atoms with Crippen LogP contribution in [0.2, 0.25) is 0 Å². The van der Waals surface area contributed by atoms with Crippen LogP contribution in [-0.2, 0) is 14.9 Å². The fourth-order valence-corrected chi connectivity index (χ4v) is 7.74. The molecule has 0 fully saturated rings. The third-order valence-electron chi connectivity index (χ3n) is 5.36. The molecule has 0 radical (unpaired) electrons. The number of amides is 1. The van der Waals surface area contributed by atoms with Gasteiger partial charge < -0.3 is 9.45 Å². The molecular weight excluding hydrogens is 498 g/mol. The fraction of sp³-hybridized carbons (Fsp3) is 0.240. The minimum atomic E-state index is -6.09. The van der Waals surface area contributed by atoms with Crippen molar-refractivity contribution in [2.75, 3.05) is 19.3 Å². The summed E-state index contributed by atoms with van der Waals surface area (Å²) < 4.78 is 58.9. The van der Waals surface area contributed by atoms with Crippen molar-refractivity contribution < 1.29 is 30.9 Å². The summed E-state index contributed by atoms with van der Waals surface area (Å²) >= 11 is 0. The van der Waals surface area contributed by atoms with Crippen LogP contribution in [0.1, 0.15) is 13.8 Å². The lowest BCUT2D eigenvalue weighted by molar-refractivity contribution is -0.128. The number of nitrogens with zero attached hydrogens (tertiary/aromatic N) is 1. The summed E-state index contributed by atoms with van der Waals surface area (Å²) in [5, 5.41) is 3.76. The maximum atomic E-state index is 13.3. The van der Waals surface area contributed by atoms with Gasteiger partial charge in [0.1, 0.15) is 23.2 Å². The Morgan fingerprint density at radius 2 is 1.06 bits per heavy atom. The fourth-order valence-electron chi connectivity index (χ4n) is 3.65. The Balaban J connectivity index is 0.000000466. The third kappa shape index (κ3) is 7.13. The van der Waals surface area contributed by atoms with Crippen LogP contribution in [0.5, 0.6) is 0 Å². The Kier molecular flexibility index (Phi) is 10.0. The van der Waals surface area contributed by atoms with Crippen molar-refractivity contribution >= 4 is 39.2 Å². The van der Waals surface area contributed by atoms with E-state index >= 15 is 0 Å². The van der Waals surface area contributed by atoms with Crippen LogP contribution in [0.3, 0.4) is 0 Å². The molecule has 0 spiro atoms. The molecule has 0 aliphatic rings. The minimum absolute atomic E-state index is 0.227. The normalized spacial score (nSPS) is 11.8. The Hall–Kier alpha value is -2.74. The number of carbonyl (C=O) groups excluding carboxylic acids is 1. The van der Waals surface area contributed by atoms with Gasteiger partial charge >= 0.3 is 5.51 Å². The molecule has 0 saturated carbocycles. The Bertz CT molecular complexity index is 1070. The van der Waals surface area contributed by atoms with Crippen LogP contribution in [0, 0.1) is 0 Å². The molecule has 10 heteroatoms. The summed E-state index contributed by atoms with van der Waals surface area (Å²) in [6, 6.07) is 31.7. The lowest BCUT2D eigenvalue weighted by Gasteiger charge is -2.29. The zero-order valence-electron chi connectivity index (χ0n) is 19.4. The van der Waals surface area contributed by atoms with Crippen molar-refractivity contribution in [2.45, 2.75) is 19.4 Å². The van der Waals surface area contributed by atoms with Crippen LogP contribution in [-0.4, -0.2) is 48.5 Å². The summed E-state index contributed by atoms with van der Waals surface area (Å²) in [7, 11) is -8.17. The second-order valence-corrected chi connectivity index (χ2v) is 12.3. The van der Waals surface area contributed by atoms with Crippen molar-refractivity contribution in [1.82, 2.24) is 4.90 Å². The standard InChI is InChI=1S/C24H27NOP.CHF3O3S/c1-3-25(4-2)24(26)20-27(21-14-8-5-9-15-21,22-16-10-6-11-17-22)23-18-12-7-13-19-23;2-1(3,4)8(5,6)7/h5-19H,3-4,20H2,1-2H3;(H,5,6,7)/q+1;/p-1. The van der Waals surface area contributed by atoms with E-state index in [1.807, 2.05) is 23.1 Å². The average molecular weight is 526 g/mol. The van der Waals surface area contributed by atoms with E-state index in [4.69, 9.17) is 13.0 Å². The quantitative estimate of drug-likeness (QED) is 0.266. The van der Waals surface area contributed by atoms with Crippen molar-refractivity contribution in [1.29, 1.82) is 0 Å². The SMILES string of the molecule is CCN(CC)C(=O)C[P+](c1ccccc1)(c1ccccc1)c1ccccc1.O=S(=O)([O-])C(F)(F)F. The summed E-state index contributed by atoms with van der Waals surface area (Å²) in [5.74, 6) is 0.227. The highest BCUT2D eigenvalue weighted by Crippen LogP contribution is 2.55. The number of rotatable bonds is 7. The lowest BCUT2D eigenvalue weighted by Crippen LogP contribution is -2.41. The van der Waals surface area contributed by atoms with Crippen molar-refractivity contribution in [3.63, 3.8) is 0 Å². The van der Waals surface area contributed by atoms with Crippen LogP contribution in [0.4, 0.5) is 13.2 Å². The minimum Gasteiger partial charge on any atom is -0.741 e. The van der Waals surface area contributed by atoms with Gasteiger partial charge in [-0.1, -0.05) is 54.6 Å². The van der Waals surface area contributed by atoms with E-state index in [0.29, 0.717) is 6.16 Å². The summed E-state index contributed by atoms with van der Waals surface area (Å²) in [6.45, 7) is 5.59. The van der Waals surface area contributed by atoms with Crippen LogP contribution >= 0.6 is 7.26 Å². The zero-order valence-corrected chi connectivity index (χ0v) is 21.1. The Morgan fingerprint density at radius 3 is 1.29 bits per heavy atom. The van der Waals surface area contributed by atoms with Crippen molar-refractivity contribution in [2.24, 2.45) is 0 Å². The first-order valence-corrected chi connectivity index (χ1v) is 14.2. The molecule has 5 nitrogen and oxygen atoms in total. The van der Waals surface area contributed by atoms with Gasteiger partial charge in [0.2, 0.25) is 0 Å². The number of hydrogen-bond acceptors (Lipinski definition) is 4. The van der Waals surface area contributed by atoms with Crippen molar-refractivity contribution in [3.05, 3.63) is 91.0 Å². The number of carbonyl (C=O) groups is 1. The highest BCUT2D eigenvalue weighted by molar-refractivity contribution is 7.96. The molecule has 0 atom stereocenters. The maximum Gasteiger partial charge on any atom is 0.485 e. The number of hydrogen-bond donors (Lipinski definition) is 0. The molecule has 0 heterocycles. The molecule has 3 rings (SSSR count). The van der Waals surface area contributed by atoms with E-state index < -0.39 is 22.9 Å². The van der Waals surface area contributed by atoms with E-state index in [1.54, 1.807) is 0 Å². The molecular formula is C25H27F3NO4PS. The Morgan fingerprint density at radius 1 is 0.771 bits per heavy atom. The first-order valence-electron chi connectivity index (χ1n) is 10.8. The van der Waals surface area contributed by atoms with E-state index in [-0.39, 0.29) is 5.91 Å². The third-order valence-corrected chi connectivity index (χ3v) is 10.2. The molecule has 0 N–H and O–H groups in total. The van der Waals surface area contributed by atoms with Gasteiger partial charge in [-0.3, -0.25) is 4.79 Å². The lowest BCUT2D eigenvalue weighted by atomic mass is 10.4. The van der Waals surface area contributed by atoms with Crippen LogP contribution < -0.4 is 15.9 Å². The van der Waals surface area contributed by atoms with Gasteiger partial charge in [0.25, 0.3) is 5.91 Å². The van der Waals surface area contributed by atoms with E-state index in [0.717, 1.165) is 13.1 Å². The number of halogens is 3. The van der Waals surface area contributed by atoms with Gasteiger partial charge in [-0.05, 0) is 50.2 Å². The Labute approximate surface area is 204 Å². The zero-order chi connectivity index (χ0) is 26.1. The van der Waals surface area contributed by atoms with Gasteiger partial charge in [0.15, 0.2) is 16.3 Å². The molecule has 3 aromatic rings. The molecule has 0 saturated heterocycles. The topological polar surface area (TPSA) is 77.5 Å². The summed E-state index contributed by atoms with van der Waals surface area (Å²) in [6.07, 6.45) is 0.521. The van der Waals surface area contributed by atoms with Crippen LogP contribution in [0.15, 0.2) is 91.0 Å². The molecule has 188 valence electrons. The molecule has 35 heavy (non-hydrogen) atoms. The van der Waals surface area contributed by atoms with E-state index in [2.05, 4.69) is 86.6 Å². The molecule has 0 aliphatic carbocycles. The average Bonchev–Trinajstić information content (AvgIpc) is 2.84. The van der Waals surface area contributed by atoms with Crippen molar-refractivity contribution in [3.8, 4) is 0 Å². The van der Waals surface area contributed by atoms with E-state index in [1.165, 1.54) is 15.9 Å². The summed E-state index contributed by atoms with van der Waals surface area (Å²) in [5.41, 5.74) is -5.65. The molecule has 1 amide bonds. The van der Waals surface area contributed by atoms with Gasteiger partial charge in [-0.2, -0.15) is 13.2 Å². The maximum absolute atomic E-state index is 13.3. The first-order chi connectivity index (χ1) is 16.5.